The topological polar surface area (TPSA) is 49.8 Å². The van der Waals surface area contributed by atoms with E-state index in [-0.39, 0.29) is 12.3 Å². The van der Waals surface area contributed by atoms with Gasteiger partial charge < -0.3 is 9.84 Å². The monoisotopic (exact) mass is 401 g/mol. The lowest BCUT2D eigenvalue weighted by Crippen LogP contribution is -2.28. The van der Waals surface area contributed by atoms with Gasteiger partial charge in [0.15, 0.2) is 0 Å². The molecule has 0 unspecified atom stereocenters. The molecule has 0 heterocycles. The van der Waals surface area contributed by atoms with Crippen molar-refractivity contribution in [3.63, 3.8) is 0 Å². The van der Waals surface area contributed by atoms with Crippen molar-refractivity contribution >= 4 is 17.6 Å². The number of aliphatic carboxylic acids is 1. The first-order valence-electron chi connectivity index (χ1n) is 8.15. The van der Waals surface area contributed by atoms with Crippen LogP contribution in [0.3, 0.4) is 0 Å². The number of alkyl halides is 3. The lowest BCUT2D eigenvalue weighted by atomic mass is 10.1. The Morgan fingerprint density at radius 2 is 1.89 bits per heavy atom. The summed E-state index contributed by atoms with van der Waals surface area (Å²) in [4.78, 5) is 12.4. The van der Waals surface area contributed by atoms with Crippen LogP contribution in [0.15, 0.2) is 48.5 Å². The van der Waals surface area contributed by atoms with E-state index in [4.69, 9.17) is 21.4 Å². The average Bonchev–Trinajstić information content (AvgIpc) is 2.59. The Morgan fingerprint density at radius 1 is 1.22 bits per heavy atom. The van der Waals surface area contributed by atoms with Crippen molar-refractivity contribution in [1.82, 2.24) is 4.90 Å². The zero-order valence-electron chi connectivity index (χ0n) is 14.5. The zero-order valence-corrected chi connectivity index (χ0v) is 15.3. The van der Waals surface area contributed by atoms with E-state index in [1.807, 2.05) is 18.2 Å². The third kappa shape index (κ3) is 6.45. The van der Waals surface area contributed by atoms with Crippen molar-refractivity contribution in [3.05, 3.63) is 64.7 Å². The van der Waals surface area contributed by atoms with Gasteiger partial charge in [-0.2, -0.15) is 13.2 Å². The van der Waals surface area contributed by atoms with Crippen LogP contribution >= 0.6 is 11.6 Å². The third-order valence-electron chi connectivity index (χ3n) is 3.87. The molecule has 8 heteroatoms. The van der Waals surface area contributed by atoms with Crippen LogP contribution in [0.2, 0.25) is 5.02 Å². The molecule has 146 valence electrons. The summed E-state index contributed by atoms with van der Waals surface area (Å²) in [7, 11) is 1.65. The Morgan fingerprint density at radius 3 is 2.48 bits per heavy atom. The van der Waals surface area contributed by atoms with E-state index in [1.54, 1.807) is 24.1 Å². The number of ether oxygens (including phenoxy) is 1. The molecule has 0 aliphatic carbocycles. The van der Waals surface area contributed by atoms with Gasteiger partial charge in [0.25, 0.3) is 0 Å². The molecule has 2 aromatic rings. The van der Waals surface area contributed by atoms with Gasteiger partial charge in [-0.05, 0) is 30.8 Å². The van der Waals surface area contributed by atoms with Gasteiger partial charge in [-0.25, -0.2) is 0 Å². The lowest BCUT2D eigenvalue weighted by molar-refractivity contribution is -0.138. The Hall–Kier alpha value is -2.25. The minimum atomic E-state index is -4.58. The summed E-state index contributed by atoms with van der Waals surface area (Å²) in [5, 5.41) is 8.45. The highest BCUT2D eigenvalue weighted by Gasteiger charge is 2.33. The number of rotatable bonds is 8. The molecule has 0 bridgehead atoms. The van der Waals surface area contributed by atoms with Gasteiger partial charge >= 0.3 is 12.1 Å². The number of halogens is 4. The van der Waals surface area contributed by atoms with Crippen molar-refractivity contribution < 1.29 is 27.8 Å². The molecule has 0 spiro atoms. The minimum Gasteiger partial charge on any atom is -0.486 e. The Bertz CT molecular complexity index is 769. The highest BCUT2D eigenvalue weighted by atomic mass is 35.5. The molecular formula is C19H19ClF3NO3. The summed E-state index contributed by atoms with van der Waals surface area (Å²) in [5.41, 5.74) is -0.179. The quantitative estimate of drug-likeness (QED) is 0.684. The van der Waals surface area contributed by atoms with Crippen LogP contribution in [0, 0.1) is 0 Å². The van der Waals surface area contributed by atoms with Gasteiger partial charge in [0.2, 0.25) is 0 Å². The maximum Gasteiger partial charge on any atom is 0.417 e. The molecule has 27 heavy (non-hydrogen) atoms. The third-order valence-corrected chi connectivity index (χ3v) is 4.20. The molecule has 4 nitrogen and oxygen atoms in total. The van der Waals surface area contributed by atoms with Gasteiger partial charge in [0.1, 0.15) is 11.9 Å². The summed E-state index contributed by atoms with van der Waals surface area (Å²) in [6, 6.07) is 12.4. The number of likely N-dealkylation sites (N-methyl/N-ethyl adjacent to an activating group) is 1. The SMILES string of the molecule is CN(CC[C@@H](Oc1ccc(Cl)c(C(F)(F)F)c1)c1ccccc1)CC(=O)O. The second-order valence-electron chi connectivity index (χ2n) is 6.08. The standard InChI is InChI=1S/C19H19ClF3NO3/c1-24(12-18(25)26)10-9-17(13-5-3-2-4-6-13)27-14-7-8-16(20)15(11-14)19(21,22)23/h2-8,11,17H,9-10,12H2,1H3,(H,25,26)/t17-/m1/s1. The van der Waals surface area contributed by atoms with E-state index in [9.17, 15) is 18.0 Å². The van der Waals surface area contributed by atoms with E-state index in [0.29, 0.717) is 13.0 Å². The zero-order chi connectivity index (χ0) is 20.0. The Labute approximate surface area is 160 Å². The van der Waals surface area contributed by atoms with E-state index in [1.165, 1.54) is 6.07 Å². The molecule has 2 rings (SSSR count). The summed E-state index contributed by atoms with van der Waals surface area (Å²) < 4.78 is 45.0. The molecule has 1 N–H and O–H groups in total. The fourth-order valence-corrected chi connectivity index (χ4v) is 2.79. The lowest BCUT2D eigenvalue weighted by Gasteiger charge is -2.23. The summed E-state index contributed by atoms with van der Waals surface area (Å²) in [6.45, 7) is 0.256. The number of carbonyl (C=O) groups is 1. The smallest absolute Gasteiger partial charge is 0.417 e. The van der Waals surface area contributed by atoms with Crippen LogP contribution in [0.25, 0.3) is 0 Å². The first kappa shape index (κ1) is 21.1. The number of carboxylic acids is 1. The molecule has 0 fully saturated rings. The summed E-state index contributed by atoms with van der Waals surface area (Å²) in [6.07, 6.45) is -4.72. The molecule has 0 radical (unpaired) electrons. The van der Waals surface area contributed by atoms with Crippen molar-refractivity contribution in [1.29, 1.82) is 0 Å². The van der Waals surface area contributed by atoms with Gasteiger partial charge in [-0.15, -0.1) is 0 Å². The number of hydrogen-bond donors (Lipinski definition) is 1. The van der Waals surface area contributed by atoms with Crippen LogP contribution in [-0.2, 0) is 11.0 Å². The van der Waals surface area contributed by atoms with Crippen molar-refractivity contribution in [2.24, 2.45) is 0 Å². The average molecular weight is 402 g/mol. The van der Waals surface area contributed by atoms with Crippen LogP contribution in [0.5, 0.6) is 5.75 Å². The fraction of sp³-hybridized carbons (Fsp3) is 0.316. The maximum absolute atomic E-state index is 13.1. The first-order valence-corrected chi connectivity index (χ1v) is 8.53. The predicted octanol–water partition coefficient (Wildman–Crippen LogP) is 4.89. The van der Waals surface area contributed by atoms with E-state index < -0.39 is 28.8 Å². The van der Waals surface area contributed by atoms with Crippen LogP contribution in [-0.4, -0.2) is 36.1 Å². The highest BCUT2D eigenvalue weighted by molar-refractivity contribution is 6.31. The Balaban J connectivity index is 2.21. The molecule has 0 saturated carbocycles. The van der Waals surface area contributed by atoms with Crippen molar-refractivity contribution in [2.75, 3.05) is 20.1 Å². The van der Waals surface area contributed by atoms with Crippen LogP contribution < -0.4 is 4.74 Å². The largest absolute Gasteiger partial charge is 0.486 e. The molecule has 0 aliphatic rings. The molecule has 1 atom stereocenters. The molecule has 0 saturated heterocycles. The second kappa shape index (κ2) is 9.10. The molecular weight excluding hydrogens is 383 g/mol. The van der Waals surface area contributed by atoms with E-state index in [2.05, 4.69) is 0 Å². The first-order chi connectivity index (χ1) is 12.7. The summed E-state index contributed by atoms with van der Waals surface area (Å²) >= 11 is 5.65. The van der Waals surface area contributed by atoms with Crippen molar-refractivity contribution in [3.8, 4) is 5.75 Å². The van der Waals surface area contributed by atoms with Gasteiger partial charge in [0, 0.05) is 13.0 Å². The van der Waals surface area contributed by atoms with E-state index >= 15 is 0 Å². The number of nitrogens with zero attached hydrogens (tertiary/aromatic N) is 1. The van der Waals surface area contributed by atoms with E-state index in [0.717, 1.165) is 17.7 Å². The summed E-state index contributed by atoms with van der Waals surface area (Å²) in [5.74, 6) is -0.913. The number of benzene rings is 2. The van der Waals surface area contributed by atoms with Gasteiger partial charge in [0.05, 0.1) is 17.1 Å². The van der Waals surface area contributed by atoms with Crippen LogP contribution in [0.4, 0.5) is 13.2 Å². The highest BCUT2D eigenvalue weighted by Crippen LogP contribution is 2.37. The minimum absolute atomic E-state index is 0.0430. The fourth-order valence-electron chi connectivity index (χ4n) is 2.57. The Kier molecular flexibility index (Phi) is 7.10. The predicted molar refractivity (Wildman–Crippen MR) is 96.0 cm³/mol. The normalized spacial score (nSPS) is 12.8. The van der Waals surface area contributed by atoms with Crippen molar-refractivity contribution in [2.45, 2.75) is 18.7 Å². The molecule has 0 aliphatic heterocycles. The second-order valence-corrected chi connectivity index (χ2v) is 6.48. The number of hydrogen-bond acceptors (Lipinski definition) is 3. The van der Waals surface area contributed by atoms with Crippen LogP contribution in [0.1, 0.15) is 23.7 Å². The molecule has 0 amide bonds. The van der Waals surface area contributed by atoms with Gasteiger partial charge in [-0.1, -0.05) is 41.9 Å². The molecule has 0 aromatic heterocycles. The maximum atomic E-state index is 13.1. The molecule has 2 aromatic carbocycles. The van der Waals surface area contributed by atoms with Gasteiger partial charge in [-0.3, -0.25) is 9.69 Å². The number of carboxylic acid groups (broad SMARTS) is 1.